The Hall–Kier alpha value is -1.06. The van der Waals surface area contributed by atoms with E-state index < -0.39 is 0 Å². The van der Waals surface area contributed by atoms with Crippen molar-refractivity contribution in [1.82, 2.24) is 4.90 Å². The van der Waals surface area contributed by atoms with Crippen molar-refractivity contribution in [3.8, 4) is 0 Å². The molecule has 1 unspecified atom stereocenters. The molecule has 0 heterocycles. The zero-order valence-corrected chi connectivity index (χ0v) is 11.8. The van der Waals surface area contributed by atoms with Gasteiger partial charge in [0.2, 0.25) is 0 Å². The SMILES string of the molecule is CCC(CC)N(CCO)C(C)c1cccc(N)c1. The zero-order chi connectivity index (χ0) is 13.5. The molecule has 1 atom stereocenters. The van der Waals surface area contributed by atoms with Crippen LogP contribution in [0.2, 0.25) is 0 Å². The summed E-state index contributed by atoms with van der Waals surface area (Å²) in [5.74, 6) is 0. The largest absolute Gasteiger partial charge is 0.399 e. The number of nitrogens with zero attached hydrogens (tertiary/aromatic N) is 1. The minimum Gasteiger partial charge on any atom is -0.399 e. The Bertz CT molecular complexity index is 350. The number of anilines is 1. The van der Waals surface area contributed by atoms with E-state index in [4.69, 9.17) is 5.73 Å². The van der Waals surface area contributed by atoms with Gasteiger partial charge in [-0.1, -0.05) is 26.0 Å². The van der Waals surface area contributed by atoms with Gasteiger partial charge in [0.1, 0.15) is 0 Å². The van der Waals surface area contributed by atoms with E-state index in [9.17, 15) is 5.11 Å². The van der Waals surface area contributed by atoms with Crippen LogP contribution in [0.3, 0.4) is 0 Å². The highest BCUT2D eigenvalue weighted by Gasteiger charge is 2.21. The minimum atomic E-state index is 0.198. The van der Waals surface area contributed by atoms with Crippen LogP contribution in [0, 0.1) is 0 Å². The van der Waals surface area contributed by atoms with Crippen molar-refractivity contribution in [2.24, 2.45) is 0 Å². The predicted molar refractivity (Wildman–Crippen MR) is 77.4 cm³/mol. The Morgan fingerprint density at radius 1 is 1.28 bits per heavy atom. The molecule has 0 spiro atoms. The van der Waals surface area contributed by atoms with Crippen molar-refractivity contribution < 1.29 is 5.11 Å². The monoisotopic (exact) mass is 250 g/mol. The van der Waals surface area contributed by atoms with E-state index >= 15 is 0 Å². The smallest absolute Gasteiger partial charge is 0.0558 e. The molecular weight excluding hydrogens is 224 g/mol. The fourth-order valence-corrected chi connectivity index (χ4v) is 2.58. The molecule has 3 heteroatoms. The molecular formula is C15H26N2O. The lowest BCUT2D eigenvalue weighted by Crippen LogP contribution is -2.38. The van der Waals surface area contributed by atoms with Gasteiger partial charge in [-0.05, 0) is 37.5 Å². The molecule has 0 aliphatic carbocycles. The maximum atomic E-state index is 9.26. The van der Waals surface area contributed by atoms with E-state index in [1.807, 2.05) is 18.2 Å². The maximum Gasteiger partial charge on any atom is 0.0558 e. The van der Waals surface area contributed by atoms with Gasteiger partial charge in [0.15, 0.2) is 0 Å². The summed E-state index contributed by atoms with van der Waals surface area (Å²) in [6.45, 7) is 7.49. The first-order chi connectivity index (χ1) is 8.63. The molecule has 1 aromatic carbocycles. The maximum absolute atomic E-state index is 9.26. The summed E-state index contributed by atoms with van der Waals surface area (Å²) in [7, 11) is 0. The molecule has 0 saturated carbocycles. The van der Waals surface area contributed by atoms with Gasteiger partial charge in [0, 0.05) is 24.3 Å². The van der Waals surface area contributed by atoms with Crippen LogP contribution < -0.4 is 5.73 Å². The fraction of sp³-hybridized carbons (Fsp3) is 0.600. The first-order valence-corrected chi connectivity index (χ1v) is 6.86. The van der Waals surface area contributed by atoms with Gasteiger partial charge in [-0.3, -0.25) is 4.90 Å². The predicted octanol–water partition coefficient (Wildman–Crippen LogP) is 2.81. The highest BCUT2D eigenvalue weighted by molar-refractivity contribution is 5.41. The summed E-state index contributed by atoms with van der Waals surface area (Å²) >= 11 is 0. The summed E-state index contributed by atoms with van der Waals surface area (Å²) in [4.78, 5) is 2.37. The number of hydrogen-bond acceptors (Lipinski definition) is 3. The van der Waals surface area contributed by atoms with Crippen LogP contribution in [0.25, 0.3) is 0 Å². The van der Waals surface area contributed by atoms with Gasteiger partial charge in [-0.2, -0.15) is 0 Å². The number of rotatable bonds is 7. The Morgan fingerprint density at radius 3 is 2.44 bits per heavy atom. The summed E-state index contributed by atoms with van der Waals surface area (Å²) in [6, 6.07) is 8.82. The zero-order valence-electron chi connectivity index (χ0n) is 11.8. The quantitative estimate of drug-likeness (QED) is 0.732. The van der Waals surface area contributed by atoms with E-state index in [2.05, 4.69) is 31.7 Å². The third kappa shape index (κ3) is 3.72. The Balaban J connectivity index is 2.91. The molecule has 1 aromatic rings. The Kier molecular flexibility index (Phi) is 6.16. The Labute approximate surface area is 111 Å². The van der Waals surface area contributed by atoms with Gasteiger partial charge in [-0.15, -0.1) is 0 Å². The molecule has 0 aromatic heterocycles. The van der Waals surface area contributed by atoms with Gasteiger partial charge in [0.25, 0.3) is 0 Å². The van der Waals surface area contributed by atoms with Crippen LogP contribution in [0.1, 0.15) is 45.2 Å². The second kappa shape index (κ2) is 7.39. The van der Waals surface area contributed by atoms with Gasteiger partial charge in [0.05, 0.1) is 6.61 Å². The minimum absolute atomic E-state index is 0.198. The highest BCUT2D eigenvalue weighted by atomic mass is 16.3. The Morgan fingerprint density at radius 2 is 1.94 bits per heavy atom. The number of aliphatic hydroxyl groups is 1. The van der Waals surface area contributed by atoms with Crippen LogP contribution >= 0.6 is 0 Å². The van der Waals surface area contributed by atoms with Crippen molar-refractivity contribution in [3.05, 3.63) is 29.8 Å². The molecule has 0 aliphatic heterocycles. The van der Waals surface area contributed by atoms with E-state index in [-0.39, 0.29) is 12.6 Å². The van der Waals surface area contributed by atoms with E-state index in [1.54, 1.807) is 0 Å². The first kappa shape index (κ1) is 15.0. The molecule has 1 rings (SSSR count). The third-order valence-electron chi connectivity index (χ3n) is 3.66. The second-order valence-electron chi connectivity index (χ2n) is 4.78. The van der Waals surface area contributed by atoms with Crippen molar-refractivity contribution in [3.63, 3.8) is 0 Å². The van der Waals surface area contributed by atoms with E-state index in [1.165, 1.54) is 5.56 Å². The molecule has 0 fully saturated rings. The lowest BCUT2D eigenvalue weighted by molar-refractivity contribution is 0.104. The first-order valence-electron chi connectivity index (χ1n) is 6.86. The number of hydrogen-bond donors (Lipinski definition) is 2. The van der Waals surface area contributed by atoms with Crippen LogP contribution in [-0.2, 0) is 0 Å². The molecule has 0 radical (unpaired) electrons. The second-order valence-corrected chi connectivity index (χ2v) is 4.78. The lowest BCUT2D eigenvalue weighted by Gasteiger charge is -2.35. The summed E-state index contributed by atoms with van der Waals surface area (Å²) in [5.41, 5.74) is 7.86. The average molecular weight is 250 g/mol. The van der Waals surface area contributed by atoms with E-state index in [0.29, 0.717) is 12.6 Å². The topological polar surface area (TPSA) is 49.5 Å². The molecule has 102 valence electrons. The molecule has 0 bridgehead atoms. The average Bonchev–Trinajstić information content (AvgIpc) is 2.38. The number of benzene rings is 1. The molecule has 0 amide bonds. The van der Waals surface area contributed by atoms with Crippen molar-refractivity contribution in [2.75, 3.05) is 18.9 Å². The number of nitrogen functional groups attached to an aromatic ring is 1. The fourth-order valence-electron chi connectivity index (χ4n) is 2.58. The van der Waals surface area contributed by atoms with Crippen LogP contribution in [0.5, 0.6) is 0 Å². The number of aliphatic hydroxyl groups excluding tert-OH is 1. The van der Waals surface area contributed by atoms with Crippen molar-refractivity contribution in [2.45, 2.75) is 45.7 Å². The van der Waals surface area contributed by atoms with Gasteiger partial charge in [-0.25, -0.2) is 0 Å². The van der Waals surface area contributed by atoms with Gasteiger partial charge >= 0.3 is 0 Å². The third-order valence-corrected chi connectivity index (χ3v) is 3.66. The highest BCUT2D eigenvalue weighted by Crippen LogP contribution is 2.25. The van der Waals surface area contributed by atoms with E-state index in [0.717, 1.165) is 18.5 Å². The summed E-state index contributed by atoms with van der Waals surface area (Å²) < 4.78 is 0. The molecule has 0 saturated heterocycles. The van der Waals surface area contributed by atoms with Crippen LogP contribution in [0.15, 0.2) is 24.3 Å². The van der Waals surface area contributed by atoms with Crippen molar-refractivity contribution in [1.29, 1.82) is 0 Å². The molecule has 3 nitrogen and oxygen atoms in total. The summed E-state index contributed by atoms with van der Waals surface area (Å²) in [6.07, 6.45) is 2.20. The molecule has 18 heavy (non-hydrogen) atoms. The normalized spacial score (nSPS) is 13.2. The van der Waals surface area contributed by atoms with Crippen molar-refractivity contribution >= 4 is 5.69 Å². The standard InChI is InChI=1S/C15H26N2O/c1-4-15(5-2)17(9-10-18)12(3)13-7-6-8-14(16)11-13/h6-8,11-12,15,18H,4-5,9-10,16H2,1-3H3. The number of nitrogens with two attached hydrogens (primary N) is 1. The molecule has 0 aliphatic rings. The van der Waals surface area contributed by atoms with Crippen LogP contribution in [0.4, 0.5) is 5.69 Å². The lowest BCUT2D eigenvalue weighted by atomic mass is 10.0. The molecule has 3 N–H and O–H groups in total. The van der Waals surface area contributed by atoms with Gasteiger partial charge < -0.3 is 10.8 Å². The van der Waals surface area contributed by atoms with Crippen LogP contribution in [-0.4, -0.2) is 29.2 Å². The summed E-state index contributed by atoms with van der Waals surface area (Å²) in [5, 5.41) is 9.26.